The van der Waals surface area contributed by atoms with Crippen LogP contribution in [0.4, 0.5) is 18.9 Å². The van der Waals surface area contributed by atoms with E-state index in [1.165, 1.54) is 0 Å². The van der Waals surface area contributed by atoms with E-state index < -0.39 is 11.7 Å². The first kappa shape index (κ1) is 14.7. The molecule has 0 spiro atoms. The van der Waals surface area contributed by atoms with E-state index in [-0.39, 0.29) is 6.04 Å². The number of likely N-dealkylation sites (N-methyl/N-ethyl adjacent to an activating group) is 1. The minimum Gasteiger partial charge on any atom is -0.381 e. The smallest absolute Gasteiger partial charge is 0.381 e. The van der Waals surface area contributed by atoms with Crippen molar-refractivity contribution in [3.05, 3.63) is 28.2 Å². The third kappa shape index (κ3) is 3.63. The lowest BCUT2D eigenvalue weighted by molar-refractivity contribution is -0.137. The van der Waals surface area contributed by atoms with Crippen LogP contribution < -0.4 is 5.32 Å². The van der Waals surface area contributed by atoms with Crippen molar-refractivity contribution in [1.82, 2.24) is 4.90 Å². The molecule has 0 aliphatic carbocycles. The quantitative estimate of drug-likeness (QED) is 0.878. The first-order chi connectivity index (χ1) is 8.75. The van der Waals surface area contributed by atoms with Crippen LogP contribution in [0.25, 0.3) is 0 Å². The molecule has 1 N–H and O–H groups in total. The second kappa shape index (κ2) is 5.32. The zero-order chi connectivity index (χ0) is 14.2. The van der Waals surface area contributed by atoms with Crippen LogP contribution in [0, 0.1) is 0 Å². The first-order valence-corrected chi connectivity index (χ1v) is 6.89. The summed E-state index contributed by atoms with van der Waals surface area (Å²) in [5, 5.41) is 3.18. The number of anilines is 1. The van der Waals surface area contributed by atoms with Gasteiger partial charge in [-0.3, -0.25) is 0 Å². The Hall–Kier alpha value is -0.750. The molecule has 2 atom stereocenters. The third-order valence-corrected chi connectivity index (χ3v) is 3.94. The molecule has 0 amide bonds. The maximum Gasteiger partial charge on any atom is 0.416 e. The second-order valence-corrected chi connectivity index (χ2v) is 6.01. The summed E-state index contributed by atoms with van der Waals surface area (Å²) in [5.74, 6) is 0. The van der Waals surface area contributed by atoms with Gasteiger partial charge in [0.1, 0.15) is 0 Å². The molecule has 0 saturated carbocycles. The van der Waals surface area contributed by atoms with Crippen LogP contribution in [0.5, 0.6) is 0 Å². The van der Waals surface area contributed by atoms with Crippen molar-refractivity contribution in [2.45, 2.75) is 31.6 Å². The number of rotatable bonds is 2. The molecule has 0 bridgehead atoms. The molecule has 1 aliphatic heterocycles. The fraction of sp³-hybridized carbons (Fsp3) is 0.538. The average molecular weight is 337 g/mol. The molecule has 2 nitrogen and oxygen atoms in total. The molecule has 0 aromatic heterocycles. The summed E-state index contributed by atoms with van der Waals surface area (Å²) in [7, 11) is 2.02. The summed E-state index contributed by atoms with van der Waals surface area (Å²) < 4.78 is 38.6. The summed E-state index contributed by atoms with van der Waals surface area (Å²) in [6, 6.07) is 4.57. The summed E-state index contributed by atoms with van der Waals surface area (Å²) in [6.07, 6.45) is -3.38. The van der Waals surface area contributed by atoms with Crippen molar-refractivity contribution in [3.8, 4) is 0 Å². The maximum atomic E-state index is 12.7. The van der Waals surface area contributed by atoms with Gasteiger partial charge in [0.15, 0.2) is 0 Å². The van der Waals surface area contributed by atoms with Crippen molar-refractivity contribution in [2.24, 2.45) is 0 Å². The Morgan fingerprint density at radius 1 is 1.32 bits per heavy atom. The Bertz CT molecular complexity index is 452. The van der Waals surface area contributed by atoms with E-state index in [1.807, 2.05) is 7.05 Å². The largest absolute Gasteiger partial charge is 0.416 e. The Kier molecular flexibility index (Phi) is 4.11. The number of hydrogen-bond donors (Lipinski definition) is 1. The summed E-state index contributed by atoms with van der Waals surface area (Å²) in [4.78, 5) is 2.19. The van der Waals surface area contributed by atoms with E-state index in [4.69, 9.17) is 0 Å². The van der Waals surface area contributed by atoms with Gasteiger partial charge < -0.3 is 10.2 Å². The van der Waals surface area contributed by atoms with E-state index >= 15 is 0 Å². The molecule has 2 rings (SSSR count). The van der Waals surface area contributed by atoms with Gasteiger partial charge in [-0.2, -0.15) is 13.2 Å². The number of benzene rings is 1. The predicted octanol–water partition coefficient (Wildman–Crippen LogP) is 3.97. The van der Waals surface area contributed by atoms with Gasteiger partial charge >= 0.3 is 6.18 Å². The highest BCUT2D eigenvalue weighted by Gasteiger charge is 2.32. The van der Waals surface area contributed by atoms with Gasteiger partial charge in [0.05, 0.1) is 5.56 Å². The van der Waals surface area contributed by atoms with Gasteiger partial charge in [-0.25, -0.2) is 0 Å². The van der Waals surface area contributed by atoms with Crippen molar-refractivity contribution in [2.75, 3.05) is 18.9 Å². The van der Waals surface area contributed by atoms with Crippen molar-refractivity contribution >= 4 is 21.6 Å². The molecule has 1 aliphatic rings. The number of hydrogen-bond acceptors (Lipinski definition) is 2. The normalized spacial score (nSPS) is 24.7. The van der Waals surface area contributed by atoms with E-state index in [9.17, 15) is 13.2 Å². The lowest BCUT2D eigenvalue weighted by atomic mass is 10.1. The van der Waals surface area contributed by atoms with Gasteiger partial charge in [-0.1, -0.05) is 15.9 Å². The Balaban J connectivity index is 2.15. The van der Waals surface area contributed by atoms with Gasteiger partial charge in [-0.15, -0.1) is 0 Å². The van der Waals surface area contributed by atoms with Gasteiger partial charge in [0.2, 0.25) is 0 Å². The van der Waals surface area contributed by atoms with E-state index in [2.05, 4.69) is 33.1 Å². The van der Waals surface area contributed by atoms with E-state index in [0.717, 1.165) is 25.1 Å². The monoisotopic (exact) mass is 336 g/mol. The Morgan fingerprint density at radius 2 is 2.00 bits per heavy atom. The lowest BCUT2D eigenvalue weighted by Gasteiger charge is -2.16. The summed E-state index contributed by atoms with van der Waals surface area (Å²) in [5.41, 5.74) is -0.127. The molecule has 0 radical (unpaired) electrons. The average Bonchev–Trinajstić information content (AvgIpc) is 2.55. The molecule has 6 heteroatoms. The molecule has 106 valence electrons. The molecule has 19 heavy (non-hydrogen) atoms. The standard InChI is InChI=1S/C13H16BrF3N2/c1-8-3-12(7-19(8)2)18-11-5-9(13(15,16)17)4-10(14)6-11/h4-6,8,12,18H,3,7H2,1-2H3. The van der Waals surface area contributed by atoms with E-state index in [0.29, 0.717) is 16.2 Å². The molecule has 2 unspecified atom stereocenters. The van der Waals surface area contributed by atoms with Crippen LogP contribution in [-0.2, 0) is 6.18 Å². The molecule has 1 aromatic carbocycles. The van der Waals surface area contributed by atoms with Crippen LogP contribution in [0.15, 0.2) is 22.7 Å². The zero-order valence-electron chi connectivity index (χ0n) is 10.8. The Morgan fingerprint density at radius 3 is 2.53 bits per heavy atom. The zero-order valence-corrected chi connectivity index (χ0v) is 12.3. The molecule has 1 fully saturated rings. The molecule has 1 heterocycles. The number of likely N-dealkylation sites (tertiary alicyclic amines) is 1. The minimum atomic E-state index is -4.32. The molecular formula is C13H16BrF3N2. The second-order valence-electron chi connectivity index (χ2n) is 5.09. The Labute approximate surface area is 119 Å². The highest BCUT2D eigenvalue weighted by Crippen LogP contribution is 2.34. The van der Waals surface area contributed by atoms with E-state index in [1.54, 1.807) is 6.07 Å². The SMILES string of the molecule is CC1CC(Nc2cc(Br)cc(C(F)(F)F)c2)CN1C. The maximum absolute atomic E-state index is 12.7. The van der Waals surface area contributed by atoms with Crippen LogP contribution in [0.3, 0.4) is 0 Å². The topological polar surface area (TPSA) is 15.3 Å². The molecule has 1 aromatic rings. The number of nitrogens with zero attached hydrogens (tertiary/aromatic N) is 1. The fourth-order valence-electron chi connectivity index (χ4n) is 2.37. The predicted molar refractivity (Wildman–Crippen MR) is 73.3 cm³/mol. The van der Waals surface area contributed by atoms with Crippen LogP contribution in [-0.4, -0.2) is 30.6 Å². The van der Waals surface area contributed by atoms with Gasteiger partial charge in [-0.05, 0) is 38.6 Å². The fourth-order valence-corrected chi connectivity index (χ4v) is 2.86. The molecule has 1 saturated heterocycles. The van der Waals surface area contributed by atoms with Crippen LogP contribution in [0.1, 0.15) is 18.9 Å². The summed E-state index contributed by atoms with van der Waals surface area (Å²) in [6.45, 7) is 2.96. The highest BCUT2D eigenvalue weighted by molar-refractivity contribution is 9.10. The highest BCUT2D eigenvalue weighted by atomic mass is 79.9. The van der Waals surface area contributed by atoms with Crippen LogP contribution >= 0.6 is 15.9 Å². The van der Waals surface area contributed by atoms with Crippen molar-refractivity contribution in [1.29, 1.82) is 0 Å². The summed E-state index contributed by atoms with van der Waals surface area (Å²) >= 11 is 3.13. The van der Waals surface area contributed by atoms with Crippen molar-refractivity contribution < 1.29 is 13.2 Å². The van der Waals surface area contributed by atoms with Crippen LogP contribution in [0.2, 0.25) is 0 Å². The number of nitrogens with one attached hydrogen (secondary N) is 1. The first-order valence-electron chi connectivity index (χ1n) is 6.10. The van der Waals surface area contributed by atoms with Gasteiger partial charge in [0, 0.05) is 28.8 Å². The van der Waals surface area contributed by atoms with Crippen molar-refractivity contribution in [3.63, 3.8) is 0 Å². The minimum absolute atomic E-state index is 0.190. The third-order valence-electron chi connectivity index (χ3n) is 3.48. The number of alkyl halides is 3. The lowest BCUT2D eigenvalue weighted by Crippen LogP contribution is -2.25. The number of halogens is 4. The van der Waals surface area contributed by atoms with Gasteiger partial charge in [0.25, 0.3) is 0 Å². The molecular weight excluding hydrogens is 321 g/mol.